The topological polar surface area (TPSA) is 86.6 Å². The fourth-order valence-electron chi connectivity index (χ4n) is 2.61. The van der Waals surface area contributed by atoms with Crippen molar-refractivity contribution in [3.8, 4) is 5.75 Å². The summed E-state index contributed by atoms with van der Waals surface area (Å²) < 4.78 is 0. The molecule has 3 N–H and O–H groups in total. The number of carboxylic acids is 1. The maximum atomic E-state index is 11.7. The molecule has 0 saturated heterocycles. The molecule has 114 valence electrons. The molecule has 0 bridgehead atoms. The number of rotatable bonds is 5. The molecule has 1 unspecified atom stereocenters. The van der Waals surface area contributed by atoms with Gasteiger partial charge in [0.05, 0.1) is 5.92 Å². The summed E-state index contributed by atoms with van der Waals surface area (Å²) in [6, 6.07) is 10.2. The van der Waals surface area contributed by atoms with Crippen LogP contribution in [0.4, 0.5) is 0 Å². The molecule has 1 saturated carbocycles. The maximum Gasteiger partial charge on any atom is 0.312 e. The van der Waals surface area contributed by atoms with Gasteiger partial charge in [-0.05, 0) is 41.3 Å². The molecule has 5 heteroatoms. The second-order valence-corrected chi connectivity index (χ2v) is 5.66. The number of aromatic hydroxyl groups is 1. The van der Waals surface area contributed by atoms with Crippen molar-refractivity contribution in [3.63, 3.8) is 0 Å². The molecular formula is C17H17NO4. The molecule has 3 rings (SSSR count). The standard InChI is InChI=1S/C17H17NO4/c19-12-7-6-10-2-1-3-13(14(10)8-12)15(17(21)22)9-18-16(20)11-4-5-11/h1-3,6-8,11,15,19H,4-5,9H2,(H,18,20)(H,21,22). The van der Waals surface area contributed by atoms with Crippen LogP contribution in [0.1, 0.15) is 24.3 Å². The van der Waals surface area contributed by atoms with Crippen molar-refractivity contribution in [1.82, 2.24) is 5.32 Å². The Labute approximate surface area is 127 Å². The largest absolute Gasteiger partial charge is 0.508 e. The van der Waals surface area contributed by atoms with Crippen LogP contribution in [-0.4, -0.2) is 28.6 Å². The molecule has 2 aromatic rings. The van der Waals surface area contributed by atoms with Gasteiger partial charge >= 0.3 is 5.97 Å². The van der Waals surface area contributed by atoms with Crippen LogP contribution in [-0.2, 0) is 9.59 Å². The van der Waals surface area contributed by atoms with E-state index in [-0.39, 0.29) is 24.1 Å². The Bertz CT molecular complexity index is 737. The number of carbonyl (C=O) groups is 2. The van der Waals surface area contributed by atoms with Crippen molar-refractivity contribution in [2.45, 2.75) is 18.8 Å². The lowest BCUT2D eigenvalue weighted by molar-refractivity contribution is -0.138. The van der Waals surface area contributed by atoms with E-state index in [0.29, 0.717) is 10.9 Å². The van der Waals surface area contributed by atoms with E-state index >= 15 is 0 Å². The predicted octanol–water partition coefficient (Wildman–Crippen LogP) is 2.24. The molecule has 2 aromatic carbocycles. The number of hydrogen-bond donors (Lipinski definition) is 3. The second kappa shape index (κ2) is 5.67. The predicted molar refractivity (Wildman–Crippen MR) is 81.7 cm³/mol. The quantitative estimate of drug-likeness (QED) is 0.790. The third kappa shape index (κ3) is 2.88. The van der Waals surface area contributed by atoms with Gasteiger partial charge in [0.15, 0.2) is 0 Å². The van der Waals surface area contributed by atoms with Crippen molar-refractivity contribution in [1.29, 1.82) is 0 Å². The lowest BCUT2D eigenvalue weighted by Gasteiger charge is -2.16. The molecule has 22 heavy (non-hydrogen) atoms. The fourth-order valence-corrected chi connectivity index (χ4v) is 2.61. The number of aliphatic carboxylic acids is 1. The van der Waals surface area contributed by atoms with E-state index in [0.717, 1.165) is 18.2 Å². The van der Waals surface area contributed by atoms with Crippen molar-refractivity contribution in [2.75, 3.05) is 6.54 Å². The Morgan fingerprint density at radius 2 is 2.00 bits per heavy atom. The average molecular weight is 299 g/mol. The third-order valence-corrected chi connectivity index (χ3v) is 4.00. The third-order valence-electron chi connectivity index (χ3n) is 4.00. The summed E-state index contributed by atoms with van der Waals surface area (Å²) in [7, 11) is 0. The zero-order valence-electron chi connectivity index (χ0n) is 12.0. The van der Waals surface area contributed by atoms with E-state index in [1.54, 1.807) is 30.3 Å². The smallest absolute Gasteiger partial charge is 0.312 e. The van der Waals surface area contributed by atoms with Crippen LogP contribution in [0.2, 0.25) is 0 Å². The molecule has 0 heterocycles. The van der Waals surface area contributed by atoms with Crippen LogP contribution in [0.25, 0.3) is 10.8 Å². The molecule has 0 aliphatic heterocycles. The van der Waals surface area contributed by atoms with Crippen LogP contribution in [0.5, 0.6) is 5.75 Å². The van der Waals surface area contributed by atoms with Gasteiger partial charge in [-0.15, -0.1) is 0 Å². The van der Waals surface area contributed by atoms with Crippen molar-refractivity contribution in [2.24, 2.45) is 5.92 Å². The summed E-state index contributed by atoms with van der Waals surface area (Å²) in [5.41, 5.74) is 0.594. The number of amides is 1. The van der Waals surface area contributed by atoms with E-state index in [9.17, 15) is 19.8 Å². The van der Waals surface area contributed by atoms with Gasteiger partial charge in [0.25, 0.3) is 0 Å². The Kier molecular flexibility index (Phi) is 3.71. The first-order valence-corrected chi connectivity index (χ1v) is 7.28. The van der Waals surface area contributed by atoms with Gasteiger partial charge in [-0.1, -0.05) is 24.3 Å². The van der Waals surface area contributed by atoms with Gasteiger partial charge in [-0.25, -0.2) is 0 Å². The minimum absolute atomic E-state index is 0.0472. The average Bonchev–Trinajstić information content (AvgIpc) is 3.32. The molecular weight excluding hydrogens is 282 g/mol. The van der Waals surface area contributed by atoms with Gasteiger partial charge in [0.2, 0.25) is 5.91 Å². The highest BCUT2D eigenvalue weighted by atomic mass is 16.4. The molecule has 1 aliphatic rings. The summed E-state index contributed by atoms with van der Waals surface area (Å²) in [4.78, 5) is 23.4. The molecule has 1 atom stereocenters. The first-order chi connectivity index (χ1) is 10.6. The number of fused-ring (bicyclic) bond motifs is 1. The van der Waals surface area contributed by atoms with Gasteiger partial charge in [0, 0.05) is 12.5 Å². The van der Waals surface area contributed by atoms with E-state index in [1.165, 1.54) is 0 Å². The highest BCUT2D eigenvalue weighted by Crippen LogP contribution is 2.30. The van der Waals surface area contributed by atoms with Gasteiger partial charge < -0.3 is 15.5 Å². The zero-order chi connectivity index (χ0) is 15.7. The Balaban J connectivity index is 1.92. The lowest BCUT2D eigenvalue weighted by atomic mass is 9.93. The summed E-state index contributed by atoms with van der Waals surface area (Å²) in [6.45, 7) is 0.0550. The van der Waals surface area contributed by atoms with Crippen LogP contribution < -0.4 is 5.32 Å². The molecule has 1 amide bonds. The number of phenols is 1. The molecule has 0 radical (unpaired) electrons. The summed E-state index contributed by atoms with van der Waals surface area (Å²) in [6.07, 6.45) is 1.76. The van der Waals surface area contributed by atoms with Crippen LogP contribution in [0.15, 0.2) is 36.4 Å². The normalized spacial score (nSPS) is 15.5. The van der Waals surface area contributed by atoms with Gasteiger partial charge in [-0.2, -0.15) is 0 Å². The summed E-state index contributed by atoms with van der Waals surface area (Å²) in [5, 5.41) is 23.4. The highest BCUT2D eigenvalue weighted by molar-refractivity contribution is 5.92. The SMILES string of the molecule is O=C(NCC(C(=O)O)c1cccc2ccc(O)cc12)C1CC1. The minimum Gasteiger partial charge on any atom is -0.508 e. The fraction of sp³-hybridized carbons (Fsp3) is 0.294. The maximum absolute atomic E-state index is 11.7. The van der Waals surface area contributed by atoms with Crippen LogP contribution in [0.3, 0.4) is 0 Å². The molecule has 5 nitrogen and oxygen atoms in total. The van der Waals surface area contributed by atoms with Crippen molar-refractivity contribution >= 4 is 22.6 Å². The van der Waals surface area contributed by atoms with Crippen LogP contribution >= 0.6 is 0 Å². The van der Waals surface area contributed by atoms with Crippen molar-refractivity contribution in [3.05, 3.63) is 42.0 Å². The van der Waals surface area contributed by atoms with E-state index in [4.69, 9.17) is 0 Å². The van der Waals surface area contributed by atoms with Crippen LogP contribution in [0, 0.1) is 5.92 Å². The first-order valence-electron chi connectivity index (χ1n) is 7.28. The van der Waals surface area contributed by atoms with E-state index in [2.05, 4.69) is 5.32 Å². The summed E-state index contributed by atoms with van der Waals surface area (Å²) >= 11 is 0. The number of hydrogen-bond acceptors (Lipinski definition) is 3. The molecule has 0 aromatic heterocycles. The number of benzene rings is 2. The number of phenolic OH excluding ortho intramolecular Hbond substituents is 1. The number of carboxylic acid groups (broad SMARTS) is 1. The van der Waals surface area contributed by atoms with E-state index < -0.39 is 11.9 Å². The van der Waals surface area contributed by atoms with Crippen molar-refractivity contribution < 1.29 is 19.8 Å². The Morgan fingerprint density at radius 1 is 1.23 bits per heavy atom. The molecule has 1 fully saturated rings. The molecule has 1 aliphatic carbocycles. The summed E-state index contributed by atoms with van der Waals surface area (Å²) in [5.74, 6) is -1.77. The number of carbonyl (C=O) groups excluding carboxylic acids is 1. The minimum atomic E-state index is -0.994. The zero-order valence-corrected chi connectivity index (χ0v) is 12.0. The Morgan fingerprint density at radius 3 is 2.68 bits per heavy atom. The first kappa shape index (κ1) is 14.4. The van der Waals surface area contributed by atoms with Gasteiger partial charge in [0.1, 0.15) is 5.75 Å². The highest BCUT2D eigenvalue weighted by Gasteiger charge is 2.31. The monoisotopic (exact) mass is 299 g/mol. The lowest BCUT2D eigenvalue weighted by Crippen LogP contribution is -2.32. The van der Waals surface area contributed by atoms with E-state index in [1.807, 2.05) is 6.07 Å². The number of nitrogens with one attached hydrogen (secondary N) is 1. The van der Waals surface area contributed by atoms with Gasteiger partial charge in [-0.3, -0.25) is 9.59 Å². The second-order valence-electron chi connectivity index (χ2n) is 5.66. The molecule has 0 spiro atoms. The Hall–Kier alpha value is -2.56.